The first-order valence-electron chi connectivity index (χ1n) is 21.1. The molecule has 0 heterocycles. The second-order valence-corrected chi connectivity index (χ2v) is 30.5. The summed E-state index contributed by atoms with van der Waals surface area (Å²) in [6.45, 7) is 41.4. The first-order chi connectivity index (χ1) is 26.4. The van der Waals surface area contributed by atoms with Gasteiger partial charge in [0.05, 0.1) is 0 Å². The van der Waals surface area contributed by atoms with E-state index in [9.17, 15) is 0 Å². The van der Waals surface area contributed by atoms with E-state index in [-0.39, 0.29) is 32.5 Å². The van der Waals surface area contributed by atoms with Crippen molar-refractivity contribution in [3.63, 3.8) is 0 Å². The largest absolute Gasteiger partial charge is 0.214 e. The van der Waals surface area contributed by atoms with Crippen molar-refractivity contribution in [2.75, 3.05) is 0 Å². The van der Waals surface area contributed by atoms with Crippen LogP contribution in [0.5, 0.6) is 0 Å². The number of hydrogen-bond donors (Lipinski definition) is 0. The topological polar surface area (TPSA) is 0 Å². The minimum atomic E-state index is -2.59. The molecule has 0 aliphatic heterocycles. The molecule has 0 aliphatic rings. The minimum Gasteiger partial charge on any atom is -0.214 e. The fourth-order valence-electron chi connectivity index (χ4n) is 7.57. The standard InChI is InChI=1S/C29H41.C21H26.C5H5.2ClH.Zr/c1-26(2,3)22-14-18-13-19-15-23(27(4,5)6)25(29(10,11)12)17-21(19)20(18)16-24(22)28(7,8)9;1-20(2,3)18-11-7-16(8-12-18)15-17-9-13-19(14-10-17)21(4,5)6;1-2-4-5-3-1;;;/h13-17H,1-12H3;7-14H,1-6H3;1-5H;2*1H;/q-1;;-1;;;+2/p-2. The summed E-state index contributed by atoms with van der Waals surface area (Å²) in [4.78, 5) is 0. The van der Waals surface area contributed by atoms with Gasteiger partial charge < -0.3 is 0 Å². The third-order valence-corrected chi connectivity index (χ3v) is 15.6. The van der Waals surface area contributed by atoms with E-state index in [0.717, 1.165) is 14.3 Å². The summed E-state index contributed by atoms with van der Waals surface area (Å²) in [5, 5.41) is 5.57. The van der Waals surface area contributed by atoms with E-state index < -0.39 is 18.9 Å². The van der Waals surface area contributed by atoms with Crippen LogP contribution in [0.15, 0.2) is 109 Å². The Balaban J connectivity index is 0.000000232. The number of fused-ring (bicyclic) bond motifs is 3. The predicted molar refractivity (Wildman–Crippen MR) is 259 cm³/mol. The van der Waals surface area contributed by atoms with E-state index in [1.54, 1.807) is 0 Å². The number of halogens is 2. The minimum absolute atomic E-state index is 0.124. The summed E-state index contributed by atoms with van der Waals surface area (Å²) in [6.07, 6.45) is 0. The molecule has 0 atom stereocenters. The molecule has 0 amide bonds. The Morgan fingerprint density at radius 1 is 0.414 bits per heavy atom. The fourth-order valence-corrected chi connectivity index (χ4v) is 12.0. The van der Waals surface area contributed by atoms with Crippen molar-refractivity contribution < 1.29 is 18.9 Å². The number of rotatable bonds is 2. The van der Waals surface area contributed by atoms with Gasteiger partial charge in [-0.2, -0.15) is 18.2 Å². The zero-order chi connectivity index (χ0) is 43.8. The van der Waals surface area contributed by atoms with Crippen LogP contribution in [0, 0.1) is 0 Å². The molecule has 0 aliphatic carbocycles. The second kappa shape index (κ2) is 17.8. The molecular formula is C55H72Cl2Zr-2. The zero-order valence-electron chi connectivity index (χ0n) is 39.1. The molecule has 0 saturated heterocycles. The third-order valence-electron chi connectivity index (χ3n) is 11.0. The third kappa shape index (κ3) is 12.0. The Morgan fingerprint density at radius 3 is 0.931 bits per heavy atom. The quantitative estimate of drug-likeness (QED) is 0.152. The van der Waals surface area contributed by atoms with Crippen molar-refractivity contribution in [1.29, 1.82) is 0 Å². The Morgan fingerprint density at radius 2 is 0.707 bits per heavy atom. The summed E-state index contributed by atoms with van der Waals surface area (Å²) in [5.74, 6) is 0. The van der Waals surface area contributed by atoms with Crippen LogP contribution >= 0.6 is 17.0 Å². The molecule has 3 heteroatoms. The van der Waals surface area contributed by atoms with Gasteiger partial charge in [-0.25, -0.2) is 12.1 Å². The van der Waals surface area contributed by atoms with Crippen molar-refractivity contribution in [1.82, 2.24) is 0 Å². The van der Waals surface area contributed by atoms with Gasteiger partial charge in [0.1, 0.15) is 0 Å². The van der Waals surface area contributed by atoms with Crippen molar-refractivity contribution in [3.8, 4) is 0 Å². The second-order valence-electron chi connectivity index (χ2n) is 22.4. The average Bonchev–Trinajstić information content (AvgIpc) is 3.77. The number of hydrogen-bond acceptors (Lipinski definition) is 0. The van der Waals surface area contributed by atoms with Crippen LogP contribution in [-0.2, 0) is 51.4 Å². The van der Waals surface area contributed by atoms with Gasteiger partial charge in [-0.1, -0.05) is 117 Å². The van der Waals surface area contributed by atoms with Gasteiger partial charge in [0.2, 0.25) is 0 Å². The van der Waals surface area contributed by atoms with Crippen LogP contribution in [-0.4, -0.2) is 3.21 Å². The van der Waals surface area contributed by atoms with Crippen molar-refractivity contribution in [2.24, 2.45) is 0 Å². The van der Waals surface area contributed by atoms with Crippen molar-refractivity contribution in [2.45, 2.75) is 157 Å². The van der Waals surface area contributed by atoms with Crippen molar-refractivity contribution >= 4 is 41.8 Å². The van der Waals surface area contributed by atoms with E-state index >= 15 is 0 Å². The van der Waals surface area contributed by atoms with E-state index in [2.05, 4.69) is 203 Å². The maximum atomic E-state index is 6.50. The van der Waals surface area contributed by atoms with Crippen molar-refractivity contribution in [3.05, 3.63) is 154 Å². The predicted octanol–water partition coefficient (Wildman–Crippen LogP) is 17.1. The Hall–Kier alpha value is -2.57. The van der Waals surface area contributed by atoms with Crippen LogP contribution in [0.25, 0.3) is 21.5 Å². The van der Waals surface area contributed by atoms with Crippen LogP contribution in [0.4, 0.5) is 0 Å². The summed E-state index contributed by atoms with van der Waals surface area (Å²) in [7, 11) is 13.0. The molecule has 6 rings (SSSR count). The van der Waals surface area contributed by atoms with E-state index in [1.807, 2.05) is 30.3 Å². The first-order valence-corrected chi connectivity index (χ1v) is 28.6. The number of benzene rings is 4. The van der Waals surface area contributed by atoms with E-state index in [1.165, 1.54) is 54.9 Å². The molecule has 0 N–H and O–H groups in total. The summed E-state index contributed by atoms with van der Waals surface area (Å²) in [5.41, 5.74) is 11.7. The monoisotopic (exact) mass is 892 g/mol. The molecule has 312 valence electrons. The maximum Gasteiger partial charge on any atom is -0.172 e. The van der Waals surface area contributed by atoms with Crippen LogP contribution in [0.1, 0.15) is 169 Å². The van der Waals surface area contributed by atoms with E-state index in [4.69, 9.17) is 17.0 Å². The molecule has 58 heavy (non-hydrogen) atoms. The summed E-state index contributed by atoms with van der Waals surface area (Å²) >= 11 is -2.59. The zero-order valence-corrected chi connectivity index (χ0v) is 43.1. The van der Waals surface area contributed by atoms with Crippen LogP contribution in [0.3, 0.4) is 0 Å². The summed E-state index contributed by atoms with van der Waals surface area (Å²) in [6, 6.07) is 39.7. The molecule has 0 fully saturated rings. The Kier molecular flexibility index (Phi) is 14.8. The molecule has 0 bridgehead atoms. The van der Waals surface area contributed by atoms with Crippen LogP contribution in [0.2, 0.25) is 0 Å². The molecule has 0 saturated carbocycles. The fraction of sp³-hybridized carbons (Fsp3) is 0.436. The molecule has 0 aromatic heterocycles. The SMILES string of the molecule is CC(C)(C)c1cc2[cH-]c3cc(C(C)(C)C)c(C(C)(C)C)cc3c2cc1C(C)(C)C.CC(C)(C)c1ccc([C](c2ccc(C(C)(C)C)cc2)=[Zr]([Cl])[Cl])cc1.c1cc[cH-]c1. The molecule has 0 spiro atoms. The van der Waals surface area contributed by atoms with Gasteiger partial charge in [0.15, 0.2) is 0 Å². The maximum absolute atomic E-state index is 6.50. The van der Waals surface area contributed by atoms with Gasteiger partial charge in [0.25, 0.3) is 0 Å². The molecule has 0 unspecified atom stereocenters. The molecule has 6 aromatic carbocycles. The first kappa shape index (κ1) is 48.1. The Labute approximate surface area is 368 Å². The normalized spacial score (nSPS) is 12.8. The van der Waals surface area contributed by atoms with Gasteiger partial charge >= 0.3 is 162 Å². The molecule has 0 nitrogen and oxygen atoms in total. The van der Waals surface area contributed by atoms with Gasteiger partial charge in [0, 0.05) is 0 Å². The molecular weight excluding hydrogens is 823 g/mol. The average molecular weight is 895 g/mol. The molecule has 6 aromatic rings. The van der Waals surface area contributed by atoms with Crippen LogP contribution < -0.4 is 0 Å². The van der Waals surface area contributed by atoms with Gasteiger partial charge in [-0.05, 0) is 21.7 Å². The van der Waals surface area contributed by atoms with Gasteiger partial charge in [-0.3, -0.25) is 0 Å². The smallest absolute Gasteiger partial charge is 0.172 e. The van der Waals surface area contributed by atoms with E-state index in [0.29, 0.717) is 0 Å². The Bertz CT molecular complexity index is 2140. The van der Waals surface area contributed by atoms with Gasteiger partial charge in [-0.15, -0.1) is 39.7 Å². The molecule has 0 radical (unpaired) electrons. The summed E-state index contributed by atoms with van der Waals surface area (Å²) < 4.78 is 1.15.